The van der Waals surface area contributed by atoms with Crippen LogP contribution in [0, 0.1) is 0 Å². The molecular weight excluding hydrogens is 442 g/mol. The van der Waals surface area contributed by atoms with E-state index in [2.05, 4.69) is 5.32 Å². The average Bonchev–Trinajstić information content (AvgIpc) is 3.01. The van der Waals surface area contributed by atoms with Gasteiger partial charge in [0, 0.05) is 26.1 Å². The van der Waals surface area contributed by atoms with Gasteiger partial charge in [-0.05, 0) is 37.5 Å². The Kier molecular flexibility index (Phi) is 7.86. The Hall–Kier alpha value is -3.20. The fourth-order valence-electron chi connectivity index (χ4n) is 3.76. The van der Waals surface area contributed by atoms with Crippen molar-refractivity contribution >= 4 is 27.7 Å². The summed E-state index contributed by atoms with van der Waals surface area (Å²) in [6.07, 6.45) is 1.11. The highest BCUT2D eigenvalue weighted by molar-refractivity contribution is 7.90. The van der Waals surface area contributed by atoms with Crippen LogP contribution in [0.1, 0.15) is 42.6 Å². The van der Waals surface area contributed by atoms with Crippen LogP contribution in [0.2, 0.25) is 0 Å². The Morgan fingerprint density at radius 1 is 1.06 bits per heavy atom. The standard InChI is InChI=1S/C24H29N3O5S/c1-3-15-25-23(29)18(2)26(16-13-19-9-5-4-6-10-19)22(28)14-17-27-24(30)20-11-7-8-12-21(20)33(27,31)32/h4-12,18H,3,13-17H2,1-2H3,(H,25,29)/t18-/m0/s1. The lowest BCUT2D eigenvalue weighted by molar-refractivity contribution is -0.139. The Morgan fingerprint density at radius 2 is 1.73 bits per heavy atom. The van der Waals surface area contributed by atoms with E-state index in [0.717, 1.165) is 16.3 Å². The van der Waals surface area contributed by atoms with Crippen molar-refractivity contribution in [3.63, 3.8) is 0 Å². The van der Waals surface area contributed by atoms with E-state index in [1.807, 2.05) is 37.3 Å². The molecule has 3 rings (SSSR count). The van der Waals surface area contributed by atoms with Crippen molar-refractivity contribution in [3.8, 4) is 0 Å². The summed E-state index contributed by atoms with van der Waals surface area (Å²) in [5.41, 5.74) is 1.13. The van der Waals surface area contributed by atoms with E-state index >= 15 is 0 Å². The van der Waals surface area contributed by atoms with Crippen molar-refractivity contribution in [2.24, 2.45) is 0 Å². The number of nitrogens with zero attached hydrogens (tertiary/aromatic N) is 2. The van der Waals surface area contributed by atoms with Gasteiger partial charge in [0.25, 0.3) is 15.9 Å². The lowest BCUT2D eigenvalue weighted by Gasteiger charge is -2.29. The van der Waals surface area contributed by atoms with Gasteiger partial charge in [0.15, 0.2) is 0 Å². The number of carbonyl (C=O) groups is 3. The minimum atomic E-state index is -3.99. The highest BCUT2D eigenvalue weighted by Crippen LogP contribution is 2.30. The van der Waals surface area contributed by atoms with Gasteiger partial charge in [0.2, 0.25) is 11.8 Å². The molecule has 0 unspecified atom stereocenters. The molecular formula is C24H29N3O5S. The van der Waals surface area contributed by atoms with Crippen LogP contribution in [0.15, 0.2) is 59.5 Å². The number of nitrogens with one attached hydrogen (secondary N) is 1. The summed E-state index contributed by atoms with van der Waals surface area (Å²) in [6, 6.07) is 14.9. The summed E-state index contributed by atoms with van der Waals surface area (Å²) in [4.78, 5) is 39.7. The minimum absolute atomic E-state index is 0.0457. The highest BCUT2D eigenvalue weighted by Gasteiger charge is 2.41. The zero-order valence-electron chi connectivity index (χ0n) is 18.9. The summed E-state index contributed by atoms with van der Waals surface area (Å²) >= 11 is 0. The average molecular weight is 472 g/mol. The van der Waals surface area contributed by atoms with Crippen LogP contribution in [0.4, 0.5) is 0 Å². The molecule has 2 aromatic carbocycles. The predicted molar refractivity (Wildman–Crippen MR) is 124 cm³/mol. The molecule has 2 aromatic rings. The van der Waals surface area contributed by atoms with Crippen molar-refractivity contribution in [3.05, 3.63) is 65.7 Å². The van der Waals surface area contributed by atoms with Gasteiger partial charge in [-0.25, -0.2) is 12.7 Å². The molecule has 1 N–H and O–H groups in total. The van der Waals surface area contributed by atoms with E-state index in [1.165, 1.54) is 17.0 Å². The maximum absolute atomic E-state index is 13.1. The third kappa shape index (κ3) is 5.42. The molecule has 1 aliphatic rings. The smallest absolute Gasteiger partial charge is 0.269 e. The first-order valence-electron chi connectivity index (χ1n) is 11.0. The highest BCUT2D eigenvalue weighted by atomic mass is 32.2. The molecule has 33 heavy (non-hydrogen) atoms. The molecule has 0 aromatic heterocycles. The molecule has 0 fully saturated rings. The number of hydrogen-bond acceptors (Lipinski definition) is 5. The lowest BCUT2D eigenvalue weighted by Crippen LogP contribution is -2.49. The molecule has 176 valence electrons. The van der Waals surface area contributed by atoms with Crippen LogP contribution in [-0.2, 0) is 26.0 Å². The van der Waals surface area contributed by atoms with Gasteiger partial charge in [0.1, 0.15) is 10.9 Å². The number of fused-ring (bicyclic) bond motifs is 1. The number of hydrogen-bond donors (Lipinski definition) is 1. The summed E-state index contributed by atoms with van der Waals surface area (Å²) in [5.74, 6) is -1.29. The third-order valence-corrected chi connectivity index (χ3v) is 7.48. The van der Waals surface area contributed by atoms with Crippen LogP contribution < -0.4 is 5.32 Å². The van der Waals surface area contributed by atoms with Crippen molar-refractivity contribution in [1.82, 2.24) is 14.5 Å². The van der Waals surface area contributed by atoms with Crippen LogP contribution in [-0.4, -0.2) is 61.0 Å². The maximum atomic E-state index is 13.1. The van der Waals surface area contributed by atoms with Crippen LogP contribution in [0.25, 0.3) is 0 Å². The minimum Gasteiger partial charge on any atom is -0.354 e. The second-order valence-corrected chi connectivity index (χ2v) is 9.75. The quantitative estimate of drug-likeness (QED) is 0.572. The van der Waals surface area contributed by atoms with Gasteiger partial charge < -0.3 is 10.2 Å². The third-order valence-electron chi connectivity index (χ3n) is 5.64. The first-order chi connectivity index (χ1) is 15.8. The largest absolute Gasteiger partial charge is 0.354 e. The fourth-order valence-corrected chi connectivity index (χ4v) is 5.33. The zero-order valence-corrected chi connectivity index (χ0v) is 19.7. The summed E-state index contributed by atoms with van der Waals surface area (Å²) < 4.78 is 26.3. The molecule has 3 amide bonds. The molecule has 0 spiro atoms. The molecule has 0 saturated heterocycles. The predicted octanol–water partition coefficient (Wildman–Crippen LogP) is 2.21. The summed E-state index contributed by atoms with van der Waals surface area (Å²) in [5, 5.41) is 2.80. The van der Waals surface area contributed by atoms with E-state index in [-0.39, 0.29) is 35.2 Å². The molecule has 1 atom stereocenters. The first kappa shape index (κ1) is 24.4. The Morgan fingerprint density at radius 3 is 2.39 bits per heavy atom. The van der Waals surface area contributed by atoms with Gasteiger partial charge in [-0.15, -0.1) is 0 Å². The van der Waals surface area contributed by atoms with Gasteiger partial charge >= 0.3 is 0 Å². The van der Waals surface area contributed by atoms with E-state index < -0.39 is 22.0 Å². The van der Waals surface area contributed by atoms with Crippen molar-refractivity contribution in [2.45, 2.75) is 44.0 Å². The topological polar surface area (TPSA) is 104 Å². The maximum Gasteiger partial charge on any atom is 0.269 e. The van der Waals surface area contributed by atoms with E-state index in [4.69, 9.17) is 0 Å². The molecule has 1 heterocycles. The van der Waals surface area contributed by atoms with E-state index in [9.17, 15) is 22.8 Å². The van der Waals surface area contributed by atoms with Crippen molar-refractivity contribution in [2.75, 3.05) is 19.6 Å². The van der Waals surface area contributed by atoms with E-state index in [1.54, 1.807) is 19.1 Å². The van der Waals surface area contributed by atoms with Crippen LogP contribution in [0.5, 0.6) is 0 Å². The molecule has 0 aliphatic carbocycles. The Bertz CT molecular complexity index is 1120. The second kappa shape index (κ2) is 10.6. The van der Waals surface area contributed by atoms with Gasteiger partial charge in [-0.2, -0.15) is 0 Å². The molecule has 0 radical (unpaired) electrons. The molecule has 0 bridgehead atoms. The van der Waals surface area contributed by atoms with Crippen molar-refractivity contribution in [1.29, 1.82) is 0 Å². The molecule has 1 aliphatic heterocycles. The molecule has 9 heteroatoms. The van der Waals surface area contributed by atoms with Gasteiger partial charge in [-0.1, -0.05) is 49.4 Å². The number of amides is 3. The SMILES string of the molecule is CCCNC(=O)[C@H](C)N(CCc1ccccc1)C(=O)CCN1C(=O)c2ccccc2S1(=O)=O. The summed E-state index contributed by atoms with van der Waals surface area (Å²) in [6.45, 7) is 4.11. The van der Waals surface area contributed by atoms with Gasteiger partial charge in [-0.3, -0.25) is 14.4 Å². The zero-order chi connectivity index (χ0) is 24.0. The number of carbonyl (C=O) groups excluding carboxylic acids is 3. The number of sulfonamides is 1. The molecule has 8 nitrogen and oxygen atoms in total. The number of benzene rings is 2. The van der Waals surface area contributed by atoms with Crippen molar-refractivity contribution < 1.29 is 22.8 Å². The van der Waals surface area contributed by atoms with Gasteiger partial charge in [0.05, 0.1) is 5.56 Å². The Labute approximate surface area is 194 Å². The number of rotatable bonds is 10. The Balaban J connectivity index is 1.72. The fraction of sp³-hybridized carbons (Fsp3) is 0.375. The monoisotopic (exact) mass is 471 g/mol. The normalized spacial score (nSPS) is 15.1. The van der Waals surface area contributed by atoms with Crippen LogP contribution >= 0.6 is 0 Å². The summed E-state index contributed by atoms with van der Waals surface area (Å²) in [7, 11) is -3.99. The second-order valence-electron chi connectivity index (χ2n) is 7.92. The first-order valence-corrected chi connectivity index (χ1v) is 12.5. The lowest BCUT2D eigenvalue weighted by atomic mass is 10.1. The van der Waals surface area contributed by atoms with E-state index in [0.29, 0.717) is 19.5 Å². The van der Waals surface area contributed by atoms with Crippen LogP contribution in [0.3, 0.4) is 0 Å². The molecule has 0 saturated carbocycles.